The topological polar surface area (TPSA) is 118 Å². The minimum Gasteiger partial charge on any atom is -0.397 e. The molecule has 0 aliphatic carbocycles. The number of nitrogens with two attached hydrogens (primary N) is 2. The summed E-state index contributed by atoms with van der Waals surface area (Å²) in [7, 11) is 4.07. The number of aromatic nitrogens is 4. The van der Waals surface area contributed by atoms with Gasteiger partial charge in [-0.3, -0.25) is 0 Å². The van der Waals surface area contributed by atoms with Crippen molar-refractivity contribution in [2.24, 2.45) is 14.1 Å². The number of nitrogens with one attached hydrogen (secondary N) is 4. The molecule has 0 aliphatic heterocycles. The van der Waals surface area contributed by atoms with Crippen molar-refractivity contribution in [1.82, 2.24) is 9.13 Å². The van der Waals surface area contributed by atoms with Gasteiger partial charge in [0.15, 0.2) is 0 Å². The van der Waals surface area contributed by atoms with Gasteiger partial charge < -0.3 is 32.7 Å². The molecular formula is C32H42N10+2. The maximum Gasteiger partial charge on any atom is 0.243 e. The summed E-state index contributed by atoms with van der Waals surface area (Å²) in [6, 6.07) is 20.2. The second-order valence-electron chi connectivity index (χ2n) is 10.6. The van der Waals surface area contributed by atoms with E-state index in [0.29, 0.717) is 11.4 Å². The van der Waals surface area contributed by atoms with Crippen molar-refractivity contribution >= 4 is 45.5 Å². The van der Waals surface area contributed by atoms with Crippen LogP contribution in [0.25, 0.3) is 0 Å². The maximum atomic E-state index is 6.31. The lowest BCUT2D eigenvalue weighted by molar-refractivity contribution is -0.671. The number of nitrogen functional groups attached to an aromatic ring is 2. The number of hydrogen-bond acceptors (Lipinski definition) is 6. The average Bonchev–Trinajstić information content (AvgIpc) is 3.60. The molecule has 0 atom stereocenters. The lowest BCUT2D eigenvalue weighted by Crippen LogP contribution is -2.23. The number of benzene rings is 3. The third-order valence-corrected chi connectivity index (χ3v) is 7.04. The summed E-state index contributed by atoms with van der Waals surface area (Å²) < 4.78 is 8.48. The van der Waals surface area contributed by atoms with Gasteiger partial charge in [-0.2, -0.15) is 0 Å². The number of anilines is 8. The Balaban J connectivity index is 1.11. The molecule has 0 amide bonds. The Morgan fingerprint density at radius 3 is 1.38 bits per heavy atom. The van der Waals surface area contributed by atoms with Gasteiger partial charge in [-0.25, -0.2) is 18.3 Å². The first-order valence-corrected chi connectivity index (χ1v) is 14.3. The van der Waals surface area contributed by atoms with Crippen LogP contribution in [0, 0.1) is 0 Å². The number of imidazole rings is 2. The van der Waals surface area contributed by atoms with Crippen LogP contribution in [0.5, 0.6) is 0 Å². The molecule has 10 heteroatoms. The molecule has 0 fully saturated rings. The van der Waals surface area contributed by atoms with Crippen molar-refractivity contribution in [1.29, 1.82) is 0 Å². The molecule has 0 radical (unpaired) electrons. The van der Waals surface area contributed by atoms with Crippen molar-refractivity contribution < 1.29 is 9.13 Å². The predicted molar refractivity (Wildman–Crippen MR) is 172 cm³/mol. The lowest BCUT2D eigenvalue weighted by Gasteiger charge is -2.16. The zero-order valence-corrected chi connectivity index (χ0v) is 24.4. The summed E-state index contributed by atoms with van der Waals surface area (Å²) in [5, 5.41) is 13.8. The quantitative estimate of drug-likeness (QED) is 0.0665. The summed E-state index contributed by atoms with van der Waals surface area (Å²) in [6.45, 7) is 3.77. The van der Waals surface area contributed by atoms with Gasteiger partial charge in [-0.05, 0) is 60.7 Å². The Kier molecular flexibility index (Phi) is 9.13. The Labute approximate surface area is 247 Å². The predicted octanol–water partition coefficient (Wildman–Crippen LogP) is 4.59. The van der Waals surface area contributed by atoms with Crippen LogP contribution in [0.15, 0.2) is 98.1 Å². The highest BCUT2D eigenvalue weighted by Gasteiger charge is 2.08. The summed E-state index contributed by atoms with van der Waals surface area (Å²) in [6.07, 6.45) is 14.5. The van der Waals surface area contributed by atoms with Gasteiger partial charge in [-0.15, -0.1) is 0 Å². The highest BCUT2D eigenvalue weighted by atomic mass is 15.1. The van der Waals surface area contributed by atoms with Gasteiger partial charge in [0.2, 0.25) is 12.7 Å². The Hall–Kier alpha value is -5.12. The van der Waals surface area contributed by atoms with E-state index >= 15 is 0 Å². The highest BCUT2D eigenvalue weighted by Crippen LogP contribution is 2.33. The molecule has 2 aromatic heterocycles. The van der Waals surface area contributed by atoms with Crippen molar-refractivity contribution in [3.05, 3.63) is 98.1 Å². The van der Waals surface area contributed by atoms with Crippen molar-refractivity contribution in [3.63, 3.8) is 0 Å². The summed E-state index contributed by atoms with van der Waals surface area (Å²) >= 11 is 0. The zero-order valence-electron chi connectivity index (χ0n) is 24.4. The molecule has 42 heavy (non-hydrogen) atoms. The van der Waals surface area contributed by atoms with E-state index in [1.807, 2.05) is 44.4 Å². The third kappa shape index (κ3) is 7.97. The molecule has 3 aromatic carbocycles. The number of aryl methyl sites for hydroxylation is 4. The molecule has 10 nitrogen and oxygen atoms in total. The maximum absolute atomic E-state index is 6.31. The van der Waals surface area contributed by atoms with Crippen LogP contribution >= 0.6 is 0 Å². The van der Waals surface area contributed by atoms with Crippen LogP contribution in [0.3, 0.4) is 0 Å². The normalized spacial score (nSPS) is 10.9. The average molecular weight is 567 g/mol. The molecule has 0 unspecified atom stereocenters. The van der Waals surface area contributed by atoms with E-state index in [2.05, 4.69) is 101 Å². The Bertz CT molecular complexity index is 1450. The minimum absolute atomic E-state index is 0.590. The first kappa shape index (κ1) is 28.4. The molecule has 5 aromatic rings. The van der Waals surface area contributed by atoms with Gasteiger partial charge in [0, 0.05) is 48.7 Å². The fourth-order valence-electron chi connectivity index (χ4n) is 4.76. The van der Waals surface area contributed by atoms with E-state index in [4.69, 9.17) is 11.5 Å². The van der Waals surface area contributed by atoms with Gasteiger partial charge >= 0.3 is 0 Å². The van der Waals surface area contributed by atoms with Crippen molar-refractivity contribution in [3.8, 4) is 0 Å². The molecule has 0 saturated carbocycles. The third-order valence-electron chi connectivity index (χ3n) is 7.04. The van der Waals surface area contributed by atoms with Crippen LogP contribution in [-0.2, 0) is 27.2 Å². The monoisotopic (exact) mass is 566 g/mol. The molecule has 5 rings (SSSR count). The first-order valence-electron chi connectivity index (χ1n) is 14.3. The van der Waals surface area contributed by atoms with Crippen LogP contribution in [0.2, 0.25) is 0 Å². The van der Waals surface area contributed by atoms with E-state index in [9.17, 15) is 0 Å². The zero-order chi connectivity index (χ0) is 29.3. The van der Waals surface area contributed by atoms with E-state index < -0.39 is 0 Å². The van der Waals surface area contributed by atoms with E-state index in [-0.39, 0.29) is 0 Å². The Morgan fingerprint density at radius 2 is 1.00 bits per heavy atom. The van der Waals surface area contributed by atoms with Gasteiger partial charge in [0.25, 0.3) is 0 Å². The molecular weight excluding hydrogens is 524 g/mol. The molecule has 0 spiro atoms. The summed E-state index contributed by atoms with van der Waals surface area (Å²) in [5.41, 5.74) is 19.4. The van der Waals surface area contributed by atoms with Crippen LogP contribution < -0.4 is 41.9 Å². The number of rotatable bonds is 14. The molecule has 8 N–H and O–H groups in total. The van der Waals surface area contributed by atoms with Gasteiger partial charge in [-0.1, -0.05) is 0 Å². The fourth-order valence-corrected chi connectivity index (χ4v) is 4.76. The second-order valence-corrected chi connectivity index (χ2v) is 10.6. The standard InChI is InChI=1S/C32H42N10/c1-39-17-19-41(23-39)15-3-13-35-25-5-9-27(10-6-25)37-31-22-32(30(34)21-29(31)33)38-28-11-7-26(8-12-28)36-14-4-16-42-20-18-40(2)24-42/h5-12,17-24,35-38H,3-4,13-16,33-34H2,1-2H3/q+2. The highest BCUT2D eigenvalue weighted by molar-refractivity contribution is 5.86. The summed E-state index contributed by atoms with van der Waals surface area (Å²) in [4.78, 5) is 0. The largest absolute Gasteiger partial charge is 0.397 e. The molecule has 2 heterocycles. The van der Waals surface area contributed by atoms with Crippen LogP contribution in [-0.4, -0.2) is 22.2 Å². The van der Waals surface area contributed by atoms with Crippen LogP contribution in [0.1, 0.15) is 12.8 Å². The first-order chi connectivity index (χ1) is 20.4. The smallest absolute Gasteiger partial charge is 0.243 e. The molecule has 0 saturated heterocycles. The van der Waals surface area contributed by atoms with Crippen molar-refractivity contribution in [2.75, 3.05) is 45.8 Å². The number of nitrogens with zero attached hydrogens (tertiary/aromatic N) is 4. The fraction of sp³-hybridized carbons (Fsp3) is 0.250. The van der Waals surface area contributed by atoms with E-state index in [1.54, 1.807) is 6.07 Å². The SMILES string of the molecule is C[n+]1ccn(CCCNc2ccc(Nc3cc(Nc4ccc(NCCCn5cc[n+](C)c5)cc4)c(N)cc3N)cc2)c1. The van der Waals surface area contributed by atoms with Crippen LogP contribution in [0.4, 0.5) is 45.5 Å². The van der Waals surface area contributed by atoms with E-state index in [1.165, 1.54) is 0 Å². The summed E-state index contributed by atoms with van der Waals surface area (Å²) in [5.74, 6) is 0. The van der Waals surface area contributed by atoms with Gasteiger partial charge in [0.1, 0.15) is 24.8 Å². The molecule has 0 bridgehead atoms. The molecule has 218 valence electrons. The minimum atomic E-state index is 0.590. The lowest BCUT2D eigenvalue weighted by atomic mass is 10.1. The van der Waals surface area contributed by atoms with Crippen molar-refractivity contribution in [2.45, 2.75) is 25.9 Å². The van der Waals surface area contributed by atoms with Gasteiger partial charge in [0.05, 0.1) is 49.9 Å². The molecule has 0 aliphatic rings. The van der Waals surface area contributed by atoms with E-state index in [0.717, 1.165) is 73.1 Å². The Morgan fingerprint density at radius 1 is 0.595 bits per heavy atom. The second kappa shape index (κ2) is 13.5. The number of hydrogen-bond donors (Lipinski definition) is 6.